The molecule has 0 radical (unpaired) electrons. The molecule has 1 saturated heterocycles. The maximum absolute atomic E-state index is 12.7. The van der Waals surface area contributed by atoms with Crippen LogP contribution in [0.5, 0.6) is 0 Å². The van der Waals surface area contributed by atoms with E-state index < -0.39 is 10.0 Å². The summed E-state index contributed by atoms with van der Waals surface area (Å²) in [4.78, 5) is 12.6. The quantitative estimate of drug-likeness (QED) is 0.550. The first-order chi connectivity index (χ1) is 15.5. The summed E-state index contributed by atoms with van der Waals surface area (Å²) in [7, 11) is -3.51. The lowest BCUT2D eigenvalue weighted by atomic mass is 10.2. The van der Waals surface area contributed by atoms with Gasteiger partial charge in [0.2, 0.25) is 15.9 Å². The molecule has 2 aliphatic carbocycles. The molecule has 1 aliphatic heterocycles. The highest BCUT2D eigenvalue weighted by molar-refractivity contribution is 7.99. The molecule has 1 N–H and O–H groups in total. The van der Waals surface area contributed by atoms with Crippen LogP contribution in [-0.4, -0.2) is 65.5 Å². The van der Waals surface area contributed by atoms with Crippen molar-refractivity contribution in [1.29, 1.82) is 0 Å². The van der Waals surface area contributed by atoms with Crippen molar-refractivity contribution in [3.8, 4) is 0 Å². The average Bonchev–Trinajstić information content (AvgIpc) is 3.76. The number of morpholine rings is 1. The number of carbonyl (C=O) groups is 1. The Hall–Kier alpha value is -1.95. The molecular formula is C21H27N5O4S2. The molecule has 9 nitrogen and oxygen atoms in total. The highest BCUT2D eigenvalue weighted by atomic mass is 32.2. The van der Waals surface area contributed by atoms with Gasteiger partial charge in [-0.15, -0.1) is 10.2 Å². The van der Waals surface area contributed by atoms with Gasteiger partial charge in [0.05, 0.1) is 23.9 Å². The van der Waals surface area contributed by atoms with Gasteiger partial charge in [-0.25, -0.2) is 8.42 Å². The third-order valence-corrected chi connectivity index (χ3v) is 8.75. The van der Waals surface area contributed by atoms with E-state index in [0.29, 0.717) is 44.8 Å². The van der Waals surface area contributed by atoms with E-state index in [1.54, 1.807) is 24.3 Å². The lowest BCUT2D eigenvalue weighted by Gasteiger charge is -2.26. The zero-order chi connectivity index (χ0) is 22.1. The average molecular weight is 478 g/mol. The Kier molecular flexibility index (Phi) is 6.24. The van der Waals surface area contributed by atoms with Gasteiger partial charge in [0.15, 0.2) is 5.16 Å². The number of hydrogen-bond donors (Lipinski definition) is 1. The van der Waals surface area contributed by atoms with Crippen LogP contribution in [0.25, 0.3) is 0 Å². The fourth-order valence-electron chi connectivity index (χ4n) is 3.78. The number of benzene rings is 1. The molecule has 0 spiro atoms. The Bertz CT molecular complexity index is 1070. The molecule has 1 amide bonds. The monoisotopic (exact) mass is 477 g/mol. The predicted octanol–water partition coefficient (Wildman–Crippen LogP) is 1.92. The Morgan fingerprint density at radius 2 is 1.81 bits per heavy atom. The van der Waals surface area contributed by atoms with E-state index in [2.05, 4.69) is 20.1 Å². The van der Waals surface area contributed by atoms with Crippen molar-refractivity contribution in [2.45, 2.75) is 54.2 Å². The first kappa shape index (κ1) is 21.9. The van der Waals surface area contributed by atoms with Crippen molar-refractivity contribution in [1.82, 2.24) is 24.4 Å². The second kappa shape index (κ2) is 9.12. The fourth-order valence-corrected chi connectivity index (χ4v) is 6.03. The normalized spacial score (nSPS) is 19.8. The van der Waals surface area contributed by atoms with Gasteiger partial charge in [0.25, 0.3) is 0 Å². The lowest BCUT2D eigenvalue weighted by molar-refractivity contribution is -0.118. The molecule has 2 saturated carbocycles. The number of aromatic nitrogens is 3. The van der Waals surface area contributed by atoms with Crippen molar-refractivity contribution >= 4 is 27.7 Å². The molecule has 3 aliphatic rings. The largest absolute Gasteiger partial charge is 0.379 e. The maximum Gasteiger partial charge on any atom is 0.243 e. The molecule has 0 bridgehead atoms. The molecule has 0 atom stereocenters. The highest BCUT2D eigenvalue weighted by Gasteiger charge is 2.36. The number of carbonyl (C=O) groups excluding carboxylic acids is 1. The van der Waals surface area contributed by atoms with Gasteiger partial charge < -0.3 is 14.6 Å². The molecule has 172 valence electrons. The smallest absolute Gasteiger partial charge is 0.243 e. The number of amides is 1. The molecule has 3 fully saturated rings. The number of ether oxygens (including phenoxy) is 1. The Labute approximate surface area is 192 Å². The zero-order valence-corrected chi connectivity index (χ0v) is 19.4. The van der Waals surface area contributed by atoms with E-state index in [9.17, 15) is 13.2 Å². The molecule has 1 aromatic carbocycles. The van der Waals surface area contributed by atoms with E-state index in [0.717, 1.165) is 29.4 Å². The van der Waals surface area contributed by atoms with Crippen LogP contribution >= 0.6 is 11.8 Å². The minimum Gasteiger partial charge on any atom is -0.379 e. The lowest BCUT2D eigenvalue weighted by Crippen LogP contribution is -2.40. The van der Waals surface area contributed by atoms with Crippen LogP contribution in [0.3, 0.4) is 0 Å². The van der Waals surface area contributed by atoms with E-state index in [-0.39, 0.29) is 16.6 Å². The number of hydrogen-bond acceptors (Lipinski definition) is 7. The van der Waals surface area contributed by atoms with E-state index >= 15 is 0 Å². The molecular weight excluding hydrogens is 450 g/mol. The first-order valence-electron chi connectivity index (χ1n) is 11.0. The van der Waals surface area contributed by atoms with Crippen LogP contribution in [0.15, 0.2) is 34.3 Å². The third kappa shape index (κ3) is 4.85. The molecule has 2 aromatic rings. The van der Waals surface area contributed by atoms with E-state index in [1.807, 2.05) is 0 Å². The van der Waals surface area contributed by atoms with Gasteiger partial charge in [-0.1, -0.05) is 23.9 Å². The van der Waals surface area contributed by atoms with Gasteiger partial charge in [0.1, 0.15) is 5.82 Å². The second-order valence-electron chi connectivity index (χ2n) is 8.44. The molecule has 1 aromatic heterocycles. The minimum absolute atomic E-state index is 0.0849. The van der Waals surface area contributed by atoms with Gasteiger partial charge in [-0.05, 0) is 43.4 Å². The summed E-state index contributed by atoms with van der Waals surface area (Å²) in [6.45, 7) is 1.92. The van der Waals surface area contributed by atoms with Gasteiger partial charge in [0, 0.05) is 31.6 Å². The molecule has 32 heavy (non-hydrogen) atoms. The number of nitrogens with zero attached hydrogens (tertiary/aromatic N) is 4. The van der Waals surface area contributed by atoms with Crippen molar-refractivity contribution in [3.63, 3.8) is 0 Å². The van der Waals surface area contributed by atoms with Crippen molar-refractivity contribution in [3.05, 3.63) is 35.7 Å². The number of nitrogens with one attached hydrogen (secondary N) is 1. The summed E-state index contributed by atoms with van der Waals surface area (Å²) in [5.41, 5.74) is 0.849. The van der Waals surface area contributed by atoms with Crippen LogP contribution < -0.4 is 5.32 Å². The van der Waals surface area contributed by atoms with E-state index in [1.165, 1.54) is 28.9 Å². The van der Waals surface area contributed by atoms with Gasteiger partial charge in [-0.2, -0.15) is 4.31 Å². The summed E-state index contributed by atoms with van der Waals surface area (Å²) >= 11 is 1.43. The summed E-state index contributed by atoms with van der Waals surface area (Å²) in [5, 5.41) is 12.4. The van der Waals surface area contributed by atoms with E-state index in [4.69, 9.17) is 4.74 Å². The maximum atomic E-state index is 12.7. The fraction of sp³-hybridized carbons (Fsp3) is 0.571. The topological polar surface area (TPSA) is 106 Å². The molecule has 2 heterocycles. The summed E-state index contributed by atoms with van der Waals surface area (Å²) < 4.78 is 34.3. The summed E-state index contributed by atoms with van der Waals surface area (Å²) in [5.74, 6) is 1.82. The molecule has 5 rings (SSSR count). The van der Waals surface area contributed by atoms with Gasteiger partial charge >= 0.3 is 0 Å². The zero-order valence-electron chi connectivity index (χ0n) is 17.8. The highest BCUT2D eigenvalue weighted by Crippen LogP contribution is 2.45. The number of rotatable bonds is 9. The SMILES string of the molecule is O=C(CSc1nnc(C2CC2)n1C1CC1)NCc1ccc(S(=O)(=O)N2CCOCC2)cc1. The summed E-state index contributed by atoms with van der Waals surface area (Å²) in [6, 6.07) is 7.18. The molecule has 11 heteroatoms. The molecule has 0 unspecified atom stereocenters. The predicted molar refractivity (Wildman–Crippen MR) is 119 cm³/mol. The van der Waals surface area contributed by atoms with Crippen LogP contribution in [0.2, 0.25) is 0 Å². The Morgan fingerprint density at radius 1 is 1.09 bits per heavy atom. The van der Waals surface area contributed by atoms with Crippen LogP contribution in [0.1, 0.15) is 49.0 Å². The van der Waals surface area contributed by atoms with Crippen LogP contribution in [-0.2, 0) is 26.1 Å². The third-order valence-electron chi connectivity index (χ3n) is 5.90. The Morgan fingerprint density at radius 3 is 2.47 bits per heavy atom. The van der Waals surface area contributed by atoms with Gasteiger partial charge in [-0.3, -0.25) is 4.79 Å². The summed E-state index contributed by atoms with van der Waals surface area (Å²) in [6.07, 6.45) is 4.69. The van der Waals surface area contributed by atoms with Crippen molar-refractivity contribution < 1.29 is 17.9 Å². The number of sulfonamides is 1. The standard InChI is InChI=1S/C21H27N5O4S2/c27-19(14-31-21-24-23-20(16-3-4-16)26(21)17-5-6-17)22-13-15-1-7-18(8-2-15)32(28,29)25-9-11-30-12-10-25/h1-2,7-8,16-17H,3-6,9-14H2,(H,22,27). The van der Waals surface area contributed by atoms with Crippen molar-refractivity contribution in [2.24, 2.45) is 0 Å². The van der Waals surface area contributed by atoms with Crippen LogP contribution in [0, 0.1) is 0 Å². The second-order valence-corrected chi connectivity index (χ2v) is 11.3. The van der Waals surface area contributed by atoms with Crippen LogP contribution in [0.4, 0.5) is 0 Å². The minimum atomic E-state index is -3.51. The van der Waals surface area contributed by atoms with Crippen molar-refractivity contribution in [2.75, 3.05) is 32.1 Å². The Balaban J connectivity index is 1.13. The first-order valence-corrected chi connectivity index (χ1v) is 13.5. The number of thioether (sulfide) groups is 1.